The summed E-state index contributed by atoms with van der Waals surface area (Å²) in [5.41, 5.74) is 1.85. The molecule has 1 aliphatic rings. The fourth-order valence-corrected chi connectivity index (χ4v) is 5.12. The van der Waals surface area contributed by atoms with E-state index in [1.807, 2.05) is 30.3 Å². The number of rotatable bonds is 7. The van der Waals surface area contributed by atoms with Crippen LogP contribution < -0.4 is 19.7 Å². The number of ether oxygens (including phenoxy) is 2. The Labute approximate surface area is 219 Å². The lowest BCUT2D eigenvalue weighted by Crippen LogP contribution is -2.27. The molecular weight excluding hydrogens is 555 g/mol. The van der Waals surface area contributed by atoms with Gasteiger partial charge in [-0.15, -0.1) is 0 Å². The molecule has 178 valence electrons. The number of amides is 2. The van der Waals surface area contributed by atoms with Gasteiger partial charge in [-0.1, -0.05) is 42.2 Å². The summed E-state index contributed by atoms with van der Waals surface area (Å²) in [6.07, 6.45) is 1.72. The average molecular weight is 573 g/mol. The number of nitrogens with zero attached hydrogens (tertiary/aromatic N) is 1. The molecule has 0 spiro atoms. The molecule has 1 aliphatic heterocycles. The molecule has 0 unspecified atom stereocenters. The summed E-state index contributed by atoms with van der Waals surface area (Å²) in [5, 5.41) is 2.63. The monoisotopic (exact) mass is 572 g/mol. The molecule has 1 fully saturated rings. The quantitative estimate of drug-likeness (QED) is 0.276. The minimum atomic E-state index is -0.417. The van der Waals surface area contributed by atoms with Crippen molar-refractivity contribution < 1.29 is 23.5 Å². The number of thioether (sulfide) groups is 1. The highest BCUT2D eigenvalue weighted by Gasteiger charge is 2.33. The molecule has 3 aromatic carbocycles. The predicted molar refractivity (Wildman–Crippen MR) is 143 cm³/mol. The Morgan fingerprint density at radius 3 is 2.57 bits per heavy atom. The number of hydrogen-bond donors (Lipinski definition) is 1. The summed E-state index contributed by atoms with van der Waals surface area (Å²) < 4.78 is 25.1. The van der Waals surface area contributed by atoms with Crippen molar-refractivity contribution in [3.8, 4) is 11.5 Å². The van der Waals surface area contributed by atoms with E-state index in [0.29, 0.717) is 42.1 Å². The summed E-state index contributed by atoms with van der Waals surface area (Å²) in [6, 6.07) is 18.1. The van der Waals surface area contributed by atoms with Crippen molar-refractivity contribution >= 4 is 73.5 Å². The number of carbonyl (C=O) groups excluding carboxylic acids is 2. The number of benzene rings is 3. The number of para-hydroxylation sites is 1. The van der Waals surface area contributed by atoms with Gasteiger partial charge in [-0.05, 0) is 76.1 Å². The van der Waals surface area contributed by atoms with Crippen LogP contribution in [0.2, 0.25) is 0 Å². The van der Waals surface area contributed by atoms with E-state index in [1.54, 1.807) is 18.2 Å². The first kappa shape index (κ1) is 24.9. The lowest BCUT2D eigenvalue weighted by molar-refractivity contribution is -0.118. The maximum atomic E-state index is 13.0. The van der Waals surface area contributed by atoms with Crippen molar-refractivity contribution in [3.05, 3.63) is 87.5 Å². The second-order valence-electron chi connectivity index (χ2n) is 7.23. The van der Waals surface area contributed by atoms with E-state index in [2.05, 4.69) is 21.2 Å². The third-order valence-electron chi connectivity index (χ3n) is 4.83. The molecule has 0 aliphatic carbocycles. The van der Waals surface area contributed by atoms with Gasteiger partial charge in [0, 0.05) is 5.69 Å². The minimum Gasteiger partial charge on any atom is -0.493 e. The van der Waals surface area contributed by atoms with Crippen LogP contribution in [0.15, 0.2) is 76.1 Å². The van der Waals surface area contributed by atoms with Gasteiger partial charge in [-0.2, -0.15) is 0 Å². The molecule has 1 saturated heterocycles. The SMILES string of the molecule is COc1cc(/C=C2/SC(=S)N(c3ccccc3)C2=O)cc(Br)c1OCC(=O)Nc1ccc(F)cc1. The van der Waals surface area contributed by atoms with E-state index in [1.165, 1.54) is 48.0 Å². The molecule has 4 rings (SSSR count). The van der Waals surface area contributed by atoms with E-state index in [-0.39, 0.29) is 12.5 Å². The van der Waals surface area contributed by atoms with Gasteiger partial charge in [0.1, 0.15) is 5.82 Å². The van der Waals surface area contributed by atoms with Crippen LogP contribution in [0, 0.1) is 5.82 Å². The van der Waals surface area contributed by atoms with Gasteiger partial charge < -0.3 is 14.8 Å². The fourth-order valence-electron chi connectivity index (χ4n) is 3.25. The average Bonchev–Trinajstić information content (AvgIpc) is 3.12. The molecule has 3 aromatic rings. The van der Waals surface area contributed by atoms with Crippen LogP contribution in [-0.4, -0.2) is 29.9 Å². The molecule has 1 heterocycles. The Morgan fingerprint density at radius 2 is 1.89 bits per heavy atom. The van der Waals surface area contributed by atoms with Crippen LogP contribution in [0.4, 0.5) is 15.8 Å². The number of halogens is 2. The molecule has 0 radical (unpaired) electrons. The second-order valence-corrected chi connectivity index (χ2v) is 9.76. The van der Waals surface area contributed by atoms with E-state index in [0.717, 1.165) is 0 Å². The summed E-state index contributed by atoms with van der Waals surface area (Å²) in [5.74, 6) is -0.317. The number of nitrogens with one attached hydrogen (secondary N) is 1. The lowest BCUT2D eigenvalue weighted by atomic mass is 10.1. The maximum Gasteiger partial charge on any atom is 0.270 e. The third-order valence-corrected chi connectivity index (χ3v) is 6.72. The minimum absolute atomic E-state index is 0.209. The molecule has 0 saturated carbocycles. The number of thiocarbonyl (C=S) groups is 1. The van der Waals surface area contributed by atoms with Gasteiger partial charge in [0.15, 0.2) is 22.4 Å². The van der Waals surface area contributed by atoms with Gasteiger partial charge in [0.25, 0.3) is 11.8 Å². The zero-order valence-corrected chi connectivity index (χ0v) is 21.5. The largest absolute Gasteiger partial charge is 0.493 e. The van der Waals surface area contributed by atoms with Crippen molar-refractivity contribution in [3.63, 3.8) is 0 Å². The van der Waals surface area contributed by atoms with Crippen molar-refractivity contribution in [1.29, 1.82) is 0 Å². The van der Waals surface area contributed by atoms with Crippen molar-refractivity contribution in [2.45, 2.75) is 0 Å². The van der Waals surface area contributed by atoms with E-state index >= 15 is 0 Å². The molecule has 2 amide bonds. The summed E-state index contributed by atoms with van der Waals surface area (Å²) in [7, 11) is 1.48. The number of methoxy groups -OCH3 is 1. The highest BCUT2D eigenvalue weighted by Crippen LogP contribution is 2.40. The fraction of sp³-hybridized carbons (Fsp3) is 0.0800. The van der Waals surface area contributed by atoms with Gasteiger partial charge in [0.05, 0.1) is 22.2 Å². The zero-order valence-electron chi connectivity index (χ0n) is 18.3. The van der Waals surface area contributed by atoms with E-state index in [4.69, 9.17) is 21.7 Å². The van der Waals surface area contributed by atoms with Crippen LogP contribution in [-0.2, 0) is 9.59 Å². The Kier molecular flexibility index (Phi) is 7.84. The first-order valence-electron chi connectivity index (χ1n) is 10.2. The summed E-state index contributed by atoms with van der Waals surface area (Å²) >= 11 is 10.1. The van der Waals surface area contributed by atoms with E-state index in [9.17, 15) is 14.0 Å². The van der Waals surface area contributed by atoms with Gasteiger partial charge >= 0.3 is 0 Å². The summed E-state index contributed by atoms with van der Waals surface area (Å²) in [6.45, 7) is -0.290. The molecule has 1 N–H and O–H groups in total. The Balaban J connectivity index is 1.49. The van der Waals surface area contributed by atoms with Gasteiger partial charge in [0.2, 0.25) is 0 Å². The molecule has 35 heavy (non-hydrogen) atoms. The van der Waals surface area contributed by atoms with Crippen molar-refractivity contribution in [2.75, 3.05) is 23.9 Å². The van der Waals surface area contributed by atoms with Gasteiger partial charge in [-0.3, -0.25) is 14.5 Å². The molecule has 10 heteroatoms. The molecular formula is C25H18BrFN2O4S2. The highest BCUT2D eigenvalue weighted by molar-refractivity contribution is 9.10. The molecule has 0 atom stereocenters. The number of anilines is 2. The number of hydrogen-bond acceptors (Lipinski definition) is 6. The second kappa shape index (κ2) is 11.0. The molecule has 6 nitrogen and oxygen atoms in total. The van der Waals surface area contributed by atoms with Crippen LogP contribution >= 0.6 is 39.9 Å². The first-order chi connectivity index (χ1) is 16.9. The smallest absolute Gasteiger partial charge is 0.270 e. The van der Waals surface area contributed by atoms with Crippen LogP contribution in [0.3, 0.4) is 0 Å². The summed E-state index contributed by atoms with van der Waals surface area (Å²) in [4.78, 5) is 27.2. The Morgan fingerprint density at radius 1 is 1.17 bits per heavy atom. The molecule has 0 aromatic heterocycles. The normalized spacial score (nSPS) is 14.4. The Bertz CT molecular complexity index is 1320. The third kappa shape index (κ3) is 5.90. The topological polar surface area (TPSA) is 67.9 Å². The maximum absolute atomic E-state index is 13.0. The van der Waals surface area contributed by atoms with Crippen LogP contribution in [0.5, 0.6) is 11.5 Å². The Hall–Kier alpha value is -3.21. The highest BCUT2D eigenvalue weighted by atomic mass is 79.9. The first-order valence-corrected chi connectivity index (χ1v) is 12.3. The van der Waals surface area contributed by atoms with Gasteiger partial charge in [-0.25, -0.2) is 4.39 Å². The van der Waals surface area contributed by atoms with Crippen LogP contribution in [0.1, 0.15) is 5.56 Å². The van der Waals surface area contributed by atoms with E-state index < -0.39 is 11.7 Å². The predicted octanol–water partition coefficient (Wildman–Crippen LogP) is 6.02. The van der Waals surface area contributed by atoms with Crippen molar-refractivity contribution in [2.24, 2.45) is 0 Å². The van der Waals surface area contributed by atoms with Crippen molar-refractivity contribution in [1.82, 2.24) is 0 Å². The molecule has 0 bridgehead atoms. The standard InChI is InChI=1S/C25H18BrFN2O4S2/c1-32-20-12-15(13-21-24(31)29(25(34)35-21)18-5-3-2-4-6-18)11-19(26)23(20)33-14-22(30)28-17-9-7-16(27)8-10-17/h2-13H,14H2,1H3,(H,28,30)/b21-13+. The zero-order chi connectivity index (χ0) is 24.9. The van der Waals surface area contributed by atoms with Crippen LogP contribution in [0.25, 0.3) is 6.08 Å². The lowest BCUT2D eigenvalue weighted by Gasteiger charge is -2.14. The number of carbonyl (C=O) groups is 2.